The first-order valence-corrected chi connectivity index (χ1v) is 6.85. The van der Waals surface area contributed by atoms with Crippen LogP contribution in [0.25, 0.3) is 0 Å². The van der Waals surface area contributed by atoms with Gasteiger partial charge in [-0.05, 0) is 25.8 Å². The first kappa shape index (κ1) is 14.5. The highest BCUT2D eigenvalue weighted by Crippen LogP contribution is 2.17. The van der Waals surface area contributed by atoms with Gasteiger partial charge in [0.1, 0.15) is 0 Å². The molecule has 0 aliphatic carbocycles. The largest absolute Gasteiger partial charge is 0.411 e. The fraction of sp³-hybridized carbons (Fsp3) is 0.923. The Morgan fingerprint density at radius 3 is 2.71 bits per heavy atom. The average Bonchev–Trinajstić information content (AvgIpc) is 2.38. The van der Waals surface area contributed by atoms with E-state index in [2.05, 4.69) is 17.0 Å². The van der Waals surface area contributed by atoms with Gasteiger partial charge in [-0.25, -0.2) is 0 Å². The van der Waals surface area contributed by atoms with Crippen LogP contribution in [-0.2, 0) is 0 Å². The lowest BCUT2D eigenvalue weighted by molar-refractivity contribution is 0.221. The van der Waals surface area contributed by atoms with E-state index in [-0.39, 0.29) is 0 Å². The number of nitrogens with zero attached hydrogens (tertiary/aromatic N) is 2. The Morgan fingerprint density at radius 1 is 1.29 bits per heavy atom. The molecule has 0 radical (unpaired) electrons. The van der Waals surface area contributed by atoms with Gasteiger partial charge in [-0.2, -0.15) is 0 Å². The van der Waals surface area contributed by atoms with E-state index in [0.29, 0.717) is 12.5 Å². The number of hydrogen-bond acceptors (Lipinski definition) is 4. The Bertz CT molecular complexity index is 231. The molecule has 1 aliphatic rings. The summed E-state index contributed by atoms with van der Waals surface area (Å²) in [6.45, 7) is 5.67. The fourth-order valence-electron chi connectivity index (χ4n) is 2.49. The molecule has 1 aliphatic heterocycles. The standard InChI is InChI=1S/C13H26N2O2/c1-2-12-11-15(9-7-13(12)14-17)8-5-3-4-6-10-16/h12,16-17H,2-11H2,1H3. The Morgan fingerprint density at radius 2 is 2.06 bits per heavy atom. The van der Waals surface area contributed by atoms with E-state index in [4.69, 9.17) is 10.3 Å². The molecule has 1 saturated heterocycles. The molecular weight excluding hydrogens is 216 g/mol. The molecule has 1 fully saturated rings. The van der Waals surface area contributed by atoms with Crippen molar-refractivity contribution in [3.8, 4) is 0 Å². The molecule has 4 heteroatoms. The van der Waals surface area contributed by atoms with Crippen LogP contribution in [0.5, 0.6) is 0 Å². The minimum atomic E-state index is 0.317. The fourth-order valence-corrected chi connectivity index (χ4v) is 2.49. The van der Waals surface area contributed by atoms with E-state index in [1.165, 1.54) is 12.8 Å². The summed E-state index contributed by atoms with van der Waals surface area (Å²) in [6, 6.07) is 0. The monoisotopic (exact) mass is 242 g/mol. The molecule has 0 bridgehead atoms. The second kappa shape index (κ2) is 8.48. The number of aliphatic hydroxyl groups is 1. The van der Waals surface area contributed by atoms with Crippen molar-refractivity contribution in [1.29, 1.82) is 0 Å². The molecule has 0 aromatic rings. The Hall–Kier alpha value is -0.610. The van der Waals surface area contributed by atoms with Crippen LogP contribution in [0.2, 0.25) is 0 Å². The zero-order chi connectivity index (χ0) is 12.5. The maximum Gasteiger partial charge on any atom is 0.0627 e. The third kappa shape index (κ3) is 5.04. The molecule has 4 nitrogen and oxygen atoms in total. The molecule has 0 aromatic heterocycles. The smallest absolute Gasteiger partial charge is 0.0627 e. The van der Waals surface area contributed by atoms with Gasteiger partial charge in [0.05, 0.1) is 5.71 Å². The van der Waals surface area contributed by atoms with Crippen LogP contribution < -0.4 is 0 Å². The molecule has 0 amide bonds. The summed E-state index contributed by atoms with van der Waals surface area (Å²) in [7, 11) is 0. The summed E-state index contributed by atoms with van der Waals surface area (Å²) in [4.78, 5) is 2.47. The molecular formula is C13H26N2O2. The van der Waals surface area contributed by atoms with E-state index in [1.54, 1.807) is 0 Å². The van der Waals surface area contributed by atoms with Gasteiger partial charge in [-0.1, -0.05) is 24.9 Å². The second-order valence-electron chi connectivity index (χ2n) is 4.88. The highest BCUT2D eigenvalue weighted by atomic mass is 16.4. The van der Waals surface area contributed by atoms with E-state index in [1.807, 2.05) is 0 Å². The third-order valence-electron chi connectivity index (χ3n) is 3.64. The third-order valence-corrected chi connectivity index (χ3v) is 3.64. The van der Waals surface area contributed by atoms with Gasteiger partial charge in [0, 0.05) is 32.0 Å². The Kier molecular flexibility index (Phi) is 7.21. The lowest BCUT2D eigenvalue weighted by Gasteiger charge is -2.32. The van der Waals surface area contributed by atoms with E-state index in [0.717, 1.165) is 51.0 Å². The van der Waals surface area contributed by atoms with E-state index >= 15 is 0 Å². The molecule has 1 unspecified atom stereocenters. The number of oxime groups is 1. The minimum absolute atomic E-state index is 0.317. The van der Waals surface area contributed by atoms with Gasteiger partial charge in [0.25, 0.3) is 0 Å². The summed E-state index contributed by atoms with van der Waals surface area (Å²) in [5, 5.41) is 21.0. The highest BCUT2D eigenvalue weighted by Gasteiger charge is 2.24. The number of hydrogen-bond donors (Lipinski definition) is 2. The van der Waals surface area contributed by atoms with E-state index in [9.17, 15) is 0 Å². The van der Waals surface area contributed by atoms with Crippen molar-refractivity contribution < 1.29 is 10.3 Å². The summed E-state index contributed by atoms with van der Waals surface area (Å²) < 4.78 is 0. The normalized spacial score (nSPS) is 24.4. The zero-order valence-electron chi connectivity index (χ0n) is 10.9. The molecule has 1 heterocycles. The maximum absolute atomic E-state index is 8.90. The summed E-state index contributed by atoms with van der Waals surface area (Å²) >= 11 is 0. The van der Waals surface area contributed by atoms with Crippen LogP contribution in [0.15, 0.2) is 5.16 Å². The van der Waals surface area contributed by atoms with Crippen LogP contribution in [0.3, 0.4) is 0 Å². The van der Waals surface area contributed by atoms with Gasteiger partial charge in [0.15, 0.2) is 0 Å². The van der Waals surface area contributed by atoms with Crippen molar-refractivity contribution >= 4 is 5.71 Å². The number of piperidine rings is 1. The quantitative estimate of drug-likeness (QED) is 0.408. The molecule has 0 aromatic carbocycles. The average molecular weight is 242 g/mol. The van der Waals surface area contributed by atoms with Crippen molar-refractivity contribution in [3.05, 3.63) is 0 Å². The molecule has 1 atom stereocenters. The zero-order valence-corrected chi connectivity index (χ0v) is 10.9. The summed E-state index contributed by atoms with van der Waals surface area (Å²) in [5.41, 5.74) is 0.976. The first-order valence-electron chi connectivity index (χ1n) is 6.85. The first-order chi connectivity index (χ1) is 8.31. The van der Waals surface area contributed by atoms with Gasteiger partial charge < -0.3 is 15.2 Å². The molecule has 100 valence electrons. The SMILES string of the molecule is CCC1CN(CCCCCCO)CCC1=NO. The van der Waals surface area contributed by atoms with Gasteiger partial charge in [0.2, 0.25) is 0 Å². The highest BCUT2D eigenvalue weighted by molar-refractivity contribution is 5.87. The van der Waals surface area contributed by atoms with Crippen LogP contribution in [0.4, 0.5) is 0 Å². The molecule has 1 rings (SSSR count). The van der Waals surface area contributed by atoms with Crippen LogP contribution in [-0.4, -0.2) is 47.2 Å². The second-order valence-corrected chi connectivity index (χ2v) is 4.88. The topological polar surface area (TPSA) is 56.1 Å². The molecule has 2 N–H and O–H groups in total. The van der Waals surface area contributed by atoms with Gasteiger partial charge in [-0.3, -0.25) is 0 Å². The Labute approximate surface area is 104 Å². The number of aliphatic hydroxyl groups excluding tert-OH is 1. The number of likely N-dealkylation sites (tertiary alicyclic amines) is 1. The van der Waals surface area contributed by atoms with Gasteiger partial charge in [-0.15, -0.1) is 0 Å². The van der Waals surface area contributed by atoms with Crippen LogP contribution >= 0.6 is 0 Å². The van der Waals surface area contributed by atoms with Crippen molar-refractivity contribution in [1.82, 2.24) is 4.90 Å². The predicted octanol–water partition coefficient (Wildman–Crippen LogP) is 2.10. The van der Waals surface area contributed by atoms with Crippen molar-refractivity contribution in [2.24, 2.45) is 11.1 Å². The number of rotatable bonds is 7. The maximum atomic E-state index is 8.90. The summed E-state index contributed by atoms with van der Waals surface area (Å²) in [5.74, 6) is 0.436. The minimum Gasteiger partial charge on any atom is -0.411 e. The molecule has 17 heavy (non-hydrogen) atoms. The van der Waals surface area contributed by atoms with Crippen molar-refractivity contribution in [2.75, 3.05) is 26.2 Å². The predicted molar refractivity (Wildman–Crippen MR) is 69.6 cm³/mol. The molecule has 0 spiro atoms. The van der Waals surface area contributed by atoms with Crippen molar-refractivity contribution in [3.63, 3.8) is 0 Å². The van der Waals surface area contributed by atoms with Gasteiger partial charge >= 0.3 is 0 Å². The van der Waals surface area contributed by atoms with Crippen molar-refractivity contribution in [2.45, 2.75) is 45.4 Å². The Balaban J connectivity index is 2.18. The lowest BCUT2D eigenvalue weighted by Crippen LogP contribution is -2.41. The summed E-state index contributed by atoms with van der Waals surface area (Å²) in [6.07, 6.45) is 6.44. The molecule has 0 saturated carbocycles. The number of unbranched alkanes of at least 4 members (excludes halogenated alkanes) is 3. The lowest BCUT2D eigenvalue weighted by atomic mass is 9.93. The van der Waals surface area contributed by atoms with Crippen LogP contribution in [0.1, 0.15) is 45.4 Å². The van der Waals surface area contributed by atoms with E-state index < -0.39 is 0 Å². The van der Waals surface area contributed by atoms with Crippen LogP contribution in [0, 0.1) is 5.92 Å².